The van der Waals surface area contributed by atoms with E-state index in [4.69, 9.17) is 0 Å². The maximum atomic E-state index is 12.3. The molecule has 1 aromatic heterocycles. The molecule has 0 spiro atoms. The number of aliphatic carboxylic acids is 1. The number of rotatable bonds is 4. The zero-order valence-corrected chi connectivity index (χ0v) is 15.1. The van der Waals surface area contributed by atoms with Crippen molar-refractivity contribution in [2.45, 2.75) is 42.6 Å². The topological polar surface area (TPSA) is 131 Å². The molecule has 11 heteroatoms. The summed E-state index contributed by atoms with van der Waals surface area (Å²) in [5, 5.41) is 11.5. The highest BCUT2D eigenvalue weighted by atomic mass is 32.2. The highest BCUT2D eigenvalue weighted by molar-refractivity contribution is 8.01. The number of thioether (sulfide) groups is 1. The average Bonchev–Trinajstić information content (AvgIpc) is 2.81. The van der Waals surface area contributed by atoms with Gasteiger partial charge in [0.1, 0.15) is 24.0 Å². The van der Waals surface area contributed by atoms with Crippen molar-refractivity contribution >= 4 is 29.5 Å². The van der Waals surface area contributed by atoms with Crippen molar-refractivity contribution in [1.82, 2.24) is 19.4 Å². The van der Waals surface area contributed by atoms with E-state index < -0.39 is 51.2 Å². The molecule has 1 aromatic rings. The first-order valence-corrected chi connectivity index (χ1v) is 8.71. The van der Waals surface area contributed by atoms with Crippen LogP contribution in [0.25, 0.3) is 0 Å². The molecule has 3 heterocycles. The summed E-state index contributed by atoms with van der Waals surface area (Å²) >= 11 is 1.32. The van der Waals surface area contributed by atoms with Crippen LogP contribution in [0.15, 0.2) is 21.9 Å². The minimum atomic E-state index is -1.08. The van der Waals surface area contributed by atoms with Crippen LogP contribution in [0.3, 0.4) is 0 Å². The third kappa shape index (κ3) is 2.71. The molecule has 2 N–H and O–H groups in total. The maximum absolute atomic E-state index is 12.3. The Balaban J connectivity index is 1.72. The molecular formula is C15H18N4O6S. The second kappa shape index (κ2) is 6.01. The van der Waals surface area contributed by atoms with Crippen molar-refractivity contribution in [2.75, 3.05) is 0 Å². The summed E-state index contributed by atoms with van der Waals surface area (Å²) in [7, 11) is 1.30. The van der Waals surface area contributed by atoms with Gasteiger partial charge in [0.2, 0.25) is 11.8 Å². The number of nitrogens with zero attached hydrogens (tertiary/aromatic N) is 3. The van der Waals surface area contributed by atoms with Gasteiger partial charge in [-0.25, -0.2) is 9.59 Å². The molecule has 2 aliphatic heterocycles. The number of aromatic nitrogens is 2. The van der Waals surface area contributed by atoms with Gasteiger partial charge in [0.05, 0.1) is 0 Å². The predicted octanol–water partition coefficient (Wildman–Crippen LogP) is -1.82. The molecule has 2 saturated heterocycles. The van der Waals surface area contributed by atoms with Gasteiger partial charge < -0.3 is 15.3 Å². The van der Waals surface area contributed by atoms with E-state index in [1.807, 2.05) is 0 Å². The quantitative estimate of drug-likeness (QED) is 0.586. The molecular weight excluding hydrogens is 364 g/mol. The zero-order chi connectivity index (χ0) is 19.4. The Morgan fingerprint density at radius 3 is 2.58 bits per heavy atom. The van der Waals surface area contributed by atoms with Gasteiger partial charge in [-0.15, -0.1) is 11.8 Å². The summed E-state index contributed by atoms with van der Waals surface area (Å²) in [6.07, 6.45) is 1.22. The van der Waals surface area contributed by atoms with Crippen molar-refractivity contribution < 1.29 is 19.5 Å². The molecule has 2 aliphatic rings. The van der Waals surface area contributed by atoms with Crippen LogP contribution in [0.5, 0.6) is 0 Å². The third-order valence-corrected chi connectivity index (χ3v) is 6.14. The first-order chi connectivity index (χ1) is 12.0. The maximum Gasteiger partial charge on any atom is 0.331 e. The zero-order valence-electron chi connectivity index (χ0n) is 14.3. The Bertz CT molecular complexity index is 919. The van der Waals surface area contributed by atoms with E-state index in [1.165, 1.54) is 29.9 Å². The number of hydrogen-bond acceptors (Lipinski definition) is 6. The summed E-state index contributed by atoms with van der Waals surface area (Å²) in [6, 6.07) is -0.624. The molecule has 3 atom stereocenters. The molecule has 26 heavy (non-hydrogen) atoms. The molecule has 0 aromatic carbocycles. The smallest absolute Gasteiger partial charge is 0.331 e. The highest BCUT2D eigenvalue weighted by Crippen LogP contribution is 2.50. The van der Waals surface area contributed by atoms with E-state index in [1.54, 1.807) is 13.8 Å². The summed E-state index contributed by atoms with van der Waals surface area (Å²) in [6.45, 7) is 3.13. The molecule has 2 fully saturated rings. The van der Waals surface area contributed by atoms with Crippen molar-refractivity contribution in [3.8, 4) is 0 Å². The summed E-state index contributed by atoms with van der Waals surface area (Å²) in [5.74, 6) is -2.11. The molecule has 0 saturated carbocycles. The lowest BCUT2D eigenvalue weighted by molar-refractivity contribution is -0.161. The highest BCUT2D eigenvalue weighted by Gasteiger charge is 2.64. The molecule has 140 valence electrons. The van der Waals surface area contributed by atoms with E-state index in [0.29, 0.717) is 0 Å². The number of hydrogen-bond donors (Lipinski definition) is 2. The SMILES string of the molecule is Cn1c(=O)ccn(CC(=O)NC2C(=O)N3[C@@H]2SC(C)(C)[C@@H]3C(=O)O)c1=O. The minimum Gasteiger partial charge on any atom is -0.480 e. The number of carboxylic acids is 1. The molecule has 0 radical (unpaired) electrons. The fourth-order valence-electron chi connectivity index (χ4n) is 3.26. The lowest BCUT2D eigenvalue weighted by atomic mass is 9.96. The van der Waals surface area contributed by atoms with Gasteiger partial charge in [-0.1, -0.05) is 0 Å². The Hall–Kier alpha value is -2.56. The van der Waals surface area contributed by atoms with Crippen LogP contribution in [-0.4, -0.2) is 59.1 Å². The van der Waals surface area contributed by atoms with Crippen LogP contribution in [0.1, 0.15) is 13.8 Å². The molecule has 10 nitrogen and oxygen atoms in total. The van der Waals surface area contributed by atoms with Crippen molar-refractivity contribution in [3.05, 3.63) is 33.1 Å². The van der Waals surface area contributed by atoms with Crippen LogP contribution in [-0.2, 0) is 28.0 Å². The number of carbonyl (C=O) groups is 3. The van der Waals surface area contributed by atoms with Gasteiger partial charge >= 0.3 is 11.7 Å². The van der Waals surface area contributed by atoms with Crippen LogP contribution < -0.4 is 16.6 Å². The van der Waals surface area contributed by atoms with Crippen LogP contribution in [0.2, 0.25) is 0 Å². The first-order valence-electron chi connectivity index (χ1n) is 7.83. The lowest BCUT2D eigenvalue weighted by Gasteiger charge is -2.43. The number of fused-ring (bicyclic) bond motifs is 1. The van der Waals surface area contributed by atoms with E-state index in [-0.39, 0.29) is 6.54 Å². The first kappa shape index (κ1) is 18.2. The standard InChI is InChI=1S/C15H18N4O6S/c1-15(2)10(13(23)24)19-11(22)9(12(19)26-15)16-7(20)6-18-5-4-8(21)17(3)14(18)25/h4-5,9-10,12H,6H2,1-3H3,(H,16,20)(H,23,24)/t9?,10-,12+/m0/s1. The second-order valence-corrected chi connectivity index (χ2v) is 8.54. The van der Waals surface area contributed by atoms with Crippen molar-refractivity contribution in [3.63, 3.8) is 0 Å². The van der Waals surface area contributed by atoms with Gasteiger partial charge in [-0.3, -0.25) is 23.5 Å². The van der Waals surface area contributed by atoms with Crippen molar-refractivity contribution in [1.29, 1.82) is 0 Å². The Labute approximate surface area is 151 Å². The third-order valence-electron chi connectivity index (χ3n) is 4.57. The Kier molecular flexibility index (Phi) is 4.21. The molecule has 0 bridgehead atoms. The van der Waals surface area contributed by atoms with Gasteiger partial charge in [0.15, 0.2) is 0 Å². The van der Waals surface area contributed by atoms with Gasteiger partial charge in [0, 0.05) is 24.1 Å². The molecule has 0 aliphatic carbocycles. The number of β-lactam (4-membered cyclic amide) rings is 1. The van der Waals surface area contributed by atoms with Gasteiger partial charge in [0.25, 0.3) is 5.56 Å². The van der Waals surface area contributed by atoms with Gasteiger partial charge in [-0.2, -0.15) is 0 Å². The predicted molar refractivity (Wildman–Crippen MR) is 91.6 cm³/mol. The molecule has 2 amide bonds. The van der Waals surface area contributed by atoms with E-state index >= 15 is 0 Å². The number of amides is 2. The second-order valence-electron chi connectivity index (χ2n) is 6.77. The van der Waals surface area contributed by atoms with Crippen LogP contribution >= 0.6 is 11.8 Å². The number of carboxylic acid groups (broad SMARTS) is 1. The number of nitrogens with one attached hydrogen (secondary N) is 1. The Morgan fingerprint density at radius 1 is 1.31 bits per heavy atom. The van der Waals surface area contributed by atoms with Crippen molar-refractivity contribution in [2.24, 2.45) is 7.05 Å². The molecule has 3 rings (SSSR count). The lowest BCUT2D eigenvalue weighted by Crippen LogP contribution is -2.70. The summed E-state index contributed by atoms with van der Waals surface area (Å²) in [4.78, 5) is 60.6. The molecule has 1 unspecified atom stereocenters. The van der Waals surface area contributed by atoms with E-state index in [0.717, 1.165) is 15.2 Å². The van der Waals surface area contributed by atoms with Crippen LogP contribution in [0, 0.1) is 0 Å². The fourth-order valence-corrected chi connectivity index (χ4v) is 4.88. The Morgan fingerprint density at radius 2 is 1.96 bits per heavy atom. The number of carbonyl (C=O) groups excluding carboxylic acids is 2. The van der Waals surface area contributed by atoms with Crippen LogP contribution in [0.4, 0.5) is 0 Å². The normalized spacial score (nSPS) is 26.2. The average molecular weight is 382 g/mol. The fraction of sp³-hybridized carbons (Fsp3) is 0.533. The van der Waals surface area contributed by atoms with E-state index in [2.05, 4.69) is 5.32 Å². The monoisotopic (exact) mass is 382 g/mol. The minimum absolute atomic E-state index is 0.347. The summed E-state index contributed by atoms with van der Waals surface area (Å²) in [5.41, 5.74) is -1.13. The largest absolute Gasteiger partial charge is 0.480 e. The summed E-state index contributed by atoms with van der Waals surface area (Å²) < 4.78 is 1.25. The van der Waals surface area contributed by atoms with Gasteiger partial charge in [-0.05, 0) is 13.8 Å². The van der Waals surface area contributed by atoms with E-state index in [9.17, 15) is 29.1 Å².